The number of rotatable bonds is 3. The highest BCUT2D eigenvalue weighted by atomic mass is 16.3. The van der Waals surface area contributed by atoms with Gasteiger partial charge in [0.05, 0.1) is 5.69 Å². The summed E-state index contributed by atoms with van der Waals surface area (Å²) < 4.78 is 0. The quantitative estimate of drug-likeness (QED) is 0.753. The minimum absolute atomic E-state index is 0.0274. The van der Waals surface area contributed by atoms with E-state index in [9.17, 15) is 9.90 Å². The fourth-order valence-electron chi connectivity index (χ4n) is 2.26. The van der Waals surface area contributed by atoms with Crippen LogP contribution in [0.25, 0.3) is 5.76 Å². The zero-order valence-corrected chi connectivity index (χ0v) is 11.1. The fourth-order valence-corrected chi connectivity index (χ4v) is 2.26. The lowest BCUT2D eigenvalue weighted by atomic mass is 10.1. The van der Waals surface area contributed by atoms with E-state index in [4.69, 9.17) is 5.73 Å². The lowest BCUT2D eigenvalue weighted by Crippen LogP contribution is -2.20. The zero-order chi connectivity index (χ0) is 14.8. The summed E-state index contributed by atoms with van der Waals surface area (Å²) >= 11 is 0. The molecule has 0 saturated carbocycles. The van der Waals surface area contributed by atoms with Crippen molar-refractivity contribution in [1.82, 2.24) is 0 Å². The van der Waals surface area contributed by atoms with Crippen molar-refractivity contribution in [3.8, 4) is 0 Å². The highest BCUT2D eigenvalue weighted by Crippen LogP contribution is 2.31. The molecule has 104 valence electrons. The van der Waals surface area contributed by atoms with Gasteiger partial charge < -0.3 is 10.8 Å². The van der Waals surface area contributed by atoms with Gasteiger partial charge in [-0.25, -0.2) is 0 Å². The van der Waals surface area contributed by atoms with E-state index in [1.54, 1.807) is 18.2 Å². The number of nitrogens with two attached hydrogens (primary N) is 1. The number of aliphatic hydroxyl groups excluding tert-OH is 1. The number of nitrogens with zero attached hydrogens (tertiary/aromatic N) is 1. The third-order valence-corrected chi connectivity index (χ3v) is 3.23. The SMILES string of the molecule is NC(=O)C1=C(O)c2ccccc2/C1=N/Nc1ccccc1. The fraction of sp³-hybridized carbons (Fsp3) is 0. The molecule has 1 aliphatic carbocycles. The third-order valence-electron chi connectivity index (χ3n) is 3.23. The van der Waals surface area contributed by atoms with Gasteiger partial charge in [-0.2, -0.15) is 5.10 Å². The molecule has 0 radical (unpaired) electrons. The molecule has 0 heterocycles. The van der Waals surface area contributed by atoms with Crippen LogP contribution in [0.15, 0.2) is 65.3 Å². The average molecular weight is 279 g/mol. The molecule has 1 aliphatic rings. The minimum Gasteiger partial charge on any atom is -0.506 e. The molecule has 0 spiro atoms. The number of para-hydroxylation sites is 1. The van der Waals surface area contributed by atoms with E-state index in [2.05, 4.69) is 10.5 Å². The van der Waals surface area contributed by atoms with Crippen molar-refractivity contribution in [1.29, 1.82) is 0 Å². The molecule has 0 atom stereocenters. The third kappa shape index (κ3) is 2.25. The van der Waals surface area contributed by atoms with Crippen molar-refractivity contribution in [2.75, 3.05) is 5.43 Å². The van der Waals surface area contributed by atoms with Crippen LogP contribution in [-0.2, 0) is 4.79 Å². The molecule has 2 aromatic rings. The number of hydrazone groups is 1. The van der Waals surface area contributed by atoms with E-state index in [0.29, 0.717) is 16.8 Å². The number of carbonyl (C=O) groups excluding carboxylic acids is 1. The predicted molar refractivity (Wildman–Crippen MR) is 81.8 cm³/mol. The average Bonchev–Trinajstić information content (AvgIpc) is 2.79. The van der Waals surface area contributed by atoms with Crippen LogP contribution in [0.2, 0.25) is 0 Å². The van der Waals surface area contributed by atoms with Gasteiger partial charge in [-0.05, 0) is 12.1 Å². The van der Waals surface area contributed by atoms with Crippen molar-refractivity contribution >= 4 is 23.1 Å². The molecule has 0 bridgehead atoms. The summed E-state index contributed by atoms with van der Waals surface area (Å²) in [6.45, 7) is 0. The molecular formula is C16H13N3O2. The first-order valence-electron chi connectivity index (χ1n) is 6.40. The molecular weight excluding hydrogens is 266 g/mol. The molecule has 0 aromatic heterocycles. The summed E-state index contributed by atoms with van der Waals surface area (Å²) in [7, 11) is 0. The van der Waals surface area contributed by atoms with Gasteiger partial charge in [0.15, 0.2) is 0 Å². The highest BCUT2D eigenvalue weighted by Gasteiger charge is 2.31. The lowest BCUT2D eigenvalue weighted by Gasteiger charge is -2.04. The number of hydrogen-bond acceptors (Lipinski definition) is 4. The minimum atomic E-state index is -0.711. The van der Waals surface area contributed by atoms with Crippen molar-refractivity contribution in [3.05, 3.63) is 71.3 Å². The number of benzene rings is 2. The Labute approximate surface area is 121 Å². The Bertz CT molecular complexity index is 764. The molecule has 4 N–H and O–H groups in total. The predicted octanol–water partition coefficient (Wildman–Crippen LogP) is 2.27. The van der Waals surface area contributed by atoms with Crippen molar-refractivity contribution in [2.45, 2.75) is 0 Å². The number of aliphatic hydroxyl groups is 1. The van der Waals surface area contributed by atoms with Crippen LogP contribution in [0, 0.1) is 0 Å². The van der Waals surface area contributed by atoms with Gasteiger partial charge in [0.2, 0.25) is 0 Å². The monoisotopic (exact) mass is 279 g/mol. The maximum Gasteiger partial charge on any atom is 0.254 e. The van der Waals surface area contributed by atoms with E-state index >= 15 is 0 Å². The van der Waals surface area contributed by atoms with Crippen LogP contribution < -0.4 is 11.2 Å². The van der Waals surface area contributed by atoms with Gasteiger partial charge >= 0.3 is 0 Å². The number of fused-ring (bicyclic) bond motifs is 1. The molecule has 0 fully saturated rings. The molecule has 2 aromatic carbocycles. The summed E-state index contributed by atoms with van der Waals surface area (Å²) in [5.41, 5.74) is 10.6. The van der Waals surface area contributed by atoms with Gasteiger partial charge in [-0.15, -0.1) is 0 Å². The number of nitrogens with one attached hydrogen (secondary N) is 1. The molecule has 21 heavy (non-hydrogen) atoms. The molecule has 3 rings (SSSR count). The first-order chi connectivity index (χ1) is 10.2. The van der Waals surface area contributed by atoms with Crippen LogP contribution >= 0.6 is 0 Å². The Morgan fingerprint density at radius 3 is 2.29 bits per heavy atom. The maximum atomic E-state index is 11.6. The van der Waals surface area contributed by atoms with Crippen LogP contribution in [0.5, 0.6) is 0 Å². The molecule has 5 heteroatoms. The maximum absolute atomic E-state index is 11.6. The van der Waals surface area contributed by atoms with Crippen molar-refractivity contribution in [3.63, 3.8) is 0 Å². The summed E-state index contributed by atoms with van der Waals surface area (Å²) in [6, 6.07) is 16.4. The topological polar surface area (TPSA) is 87.7 Å². The van der Waals surface area contributed by atoms with E-state index in [-0.39, 0.29) is 11.3 Å². The first-order valence-corrected chi connectivity index (χ1v) is 6.40. The summed E-state index contributed by atoms with van der Waals surface area (Å²) in [5, 5.41) is 14.4. The Balaban J connectivity index is 2.05. The van der Waals surface area contributed by atoms with Crippen molar-refractivity contribution in [2.24, 2.45) is 10.8 Å². The number of primary amides is 1. The molecule has 1 amide bonds. The largest absolute Gasteiger partial charge is 0.506 e. The smallest absolute Gasteiger partial charge is 0.254 e. The molecule has 0 saturated heterocycles. The zero-order valence-electron chi connectivity index (χ0n) is 11.1. The second-order valence-electron chi connectivity index (χ2n) is 4.57. The summed E-state index contributed by atoms with van der Waals surface area (Å²) in [4.78, 5) is 11.6. The Morgan fingerprint density at radius 1 is 1.00 bits per heavy atom. The number of carbonyl (C=O) groups is 1. The van der Waals surface area contributed by atoms with Gasteiger partial charge in [-0.3, -0.25) is 10.2 Å². The van der Waals surface area contributed by atoms with Crippen molar-refractivity contribution < 1.29 is 9.90 Å². The van der Waals surface area contributed by atoms with Crippen LogP contribution in [-0.4, -0.2) is 16.7 Å². The molecule has 0 unspecified atom stereocenters. The van der Waals surface area contributed by atoms with Gasteiger partial charge in [0.25, 0.3) is 5.91 Å². The standard InChI is InChI=1S/C16H13N3O2/c17-16(21)13-14(19-18-10-6-2-1-3-7-10)11-8-4-5-9-12(11)15(13)20/h1-9,18,20H,(H2,17,21)/b19-14-. The van der Waals surface area contributed by atoms with Gasteiger partial charge in [-0.1, -0.05) is 42.5 Å². The van der Waals surface area contributed by atoms with E-state index in [1.807, 2.05) is 36.4 Å². The number of amides is 1. The molecule has 5 nitrogen and oxygen atoms in total. The first kappa shape index (κ1) is 12.9. The van der Waals surface area contributed by atoms with Gasteiger partial charge in [0.1, 0.15) is 17.0 Å². The number of anilines is 1. The van der Waals surface area contributed by atoms with Crippen LogP contribution in [0.3, 0.4) is 0 Å². The second kappa shape index (κ2) is 5.13. The Kier molecular flexibility index (Phi) is 3.16. The number of hydrogen-bond donors (Lipinski definition) is 3. The van der Waals surface area contributed by atoms with E-state index in [0.717, 1.165) is 5.69 Å². The Hall–Kier alpha value is -3.08. The summed E-state index contributed by atoms with van der Waals surface area (Å²) in [5.74, 6) is -0.843. The van der Waals surface area contributed by atoms with E-state index < -0.39 is 5.91 Å². The van der Waals surface area contributed by atoms with E-state index in [1.165, 1.54) is 0 Å². The lowest BCUT2D eigenvalue weighted by molar-refractivity contribution is -0.114. The normalized spacial score (nSPS) is 15.1. The second-order valence-corrected chi connectivity index (χ2v) is 4.57. The highest BCUT2D eigenvalue weighted by molar-refractivity contribution is 6.35. The summed E-state index contributed by atoms with van der Waals surface area (Å²) in [6.07, 6.45) is 0. The van der Waals surface area contributed by atoms with Crippen LogP contribution in [0.1, 0.15) is 11.1 Å². The van der Waals surface area contributed by atoms with Crippen LogP contribution in [0.4, 0.5) is 5.69 Å². The Morgan fingerprint density at radius 2 is 1.62 bits per heavy atom. The molecule has 0 aliphatic heterocycles. The van der Waals surface area contributed by atoms with Gasteiger partial charge in [0, 0.05) is 11.1 Å².